The van der Waals surface area contributed by atoms with Crippen molar-refractivity contribution in [3.8, 4) is 0 Å². The fourth-order valence-corrected chi connectivity index (χ4v) is 2.77. The Hall–Kier alpha value is -2.14. The number of rotatable bonds is 6. The van der Waals surface area contributed by atoms with E-state index in [2.05, 4.69) is 53.4 Å². The molecular formula is C19H22ClN3O2. The third-order valence-corrected chi connectivity index (χ3v) is 4.65. The van der Waals surface area contributed by atoms with Gasteiger partial charge in [0.05, 0.1) is 7.11 Å². The molecule has 1 aromatic heterocycles. The number of methoxy groups -OCH3 is 1. The smallest absolute Gasteiger partial charge is 0.358 e. The molecule has 2 aromatic rings. The molecule has 3 rings (SSSR count). The molecular weight excluding hydrogens is 338 g/mol. The van der Waals surface area contributed by atoms with E-state index in [1.807, 2.05) is 0 Å². The van der Waals surface area contributed by atoms with Crippen LogP contribution in [0.4, 0.5) is 5.82 Å². The van der Waals surface area contributed by atoms with Crippen molar-refractivity contribution < 1.29 is 9.53 Å². The molecule has 0 spiro atoms. The van der Waals surface area contributed by atoms with Gasteiger partial charge in [-0.25, -0.2) is 14.8 Å². The molecule has 0 aliphatic heterocycles. The highest BCUT2D eigenvalue weighted by atomic mass is 35.5. The fourth-order valence-electron chi connectivity index (χ4n) is 2.54. The summed E-state index contributed by atoms with van der Waals surface area (Å²) in [6.45, 7) is 4.91. The lowest BCUT2D eigenvalue weighted by Crippen LogP contribution is -2.12. The number of ether oxygens (including phenoxy) is 1. The highest BCUT2D eigenvalue weighted by Crippen LogP contribution is 2.39. The average molecular weight is 360 g/mol. The van der Waals surface area contributed by atoms with Crippen LogP contribution in [0.1, 0.15) is 66.0 Å². The van der Waals surface area contributed by atoms with Crippen LogP contribution >= 0.6 is 11.6 Å². The summed E-state index contributed by atoms with van der Waals surface area (Å²) in [6.07, 6.45) is 2.08. The summed E-state index contributed by atoms with van der Waals surface area (Å²) in [5, 5.41) is 3.43. The molecule has 0 unspecified atom stereocenters. The van der Waals surface area contributed by atoms with Crippen molar-refractivity contribution >= 4 is 23.4 Å². The second-order valence-corrected chi connectivity index (χ2v) is 6.99. The Morgan fingerprint density at radius 1 is 1.28 bits per heavy atom. The summed E-state index contributed by atoms with van der Waals surface area (Å²) in [7, 11) is 1.32. The van der Waals surface area contributed by atoms with Gasteiger partial charge in [-0.3, -0.25) is 0 Å². The van der Waals surface area contributed by atoms with E-state index < -0.39 is 5.97 Å². The van der Waals surface area contributed by atoms with E-state index in [1.165, 1.54) is 12.7 Å². The number of halogens is 1. The van der Waals surface area contributed by atoms with E-state index in [4.69, 9.17) is 16.3 Å². The third kappa shape index (κ3) is 4.10. The molecule has 1 N–H and O–H groups in total. The third-order valence-electron chi connectivity index (χ3n) is 4.30. The first-order valence-electron chi connectivity index (χ1n) is 8.48. The minimum Gasteiger partial charge on any atom is -0.464 e. The Morgan fingerprint density at radius 2 is 1.96 bits per heavy atom. The van der Waals surface area contributed by atoms with Crippen molar-refractivity contribution in [1.29, 1.82) is 0 Å². The Bertz CT molecular complexity index is 771. The topological polar surface area (TPSA) is 64.1 Å². The number of carbonyl (C=O) groups is 1. The number of nitrogens with zero attached hydrogens (tertiary/aromatic N) is 2. The average Bonchev–Trinajstić information content (AvgIpc) is 3.45. The van der Waals surface area contributed by atoms with Crippen molar-refractivity contribution in [1.82, 2.24) is 9.97 Å². The number of esters is 1. The number of benzene rings is 1. The summed E-state index contributed by atoms with van der Waals surface area (Å²) in [5.74, 6) is 1.40. The van der Waals surface area contributed by atoms with Crippen LogP contribution < -0.4 is 5.32 Å². The highest BCUT2D eigenvalue weighted by molar-refractivity contribution is 6.35. The van der Waals surface area contributed by atoms with Gasteiger partial charge in [0.1, 0.15) is 16.7 Å². The van der Waals surface area contributed by atoms with E-state index in [9.17, 15) is 4.79 Å². The predicted octanol–water partition coefficient (Wildman–Crippen LogP) is 4.53. The number of carbonyl (C=O) groups excluding carboxylic acids is 1. The number of hydrogen-bond acceptors (Lipinski definition) is 5. The second kappa shape index (κ2) is 7.40. The Morgan fingerprint density at radius 3 is 2.52 bits per heavy atom. The van der Waals surface area contributed by atoms with Crippen LogP contribution in [-0.4, -0.2) is 23.0 Å². The summed E-state index contributed by atoms with van der Waals surface area (Å²) in [4.78, 5) is 20.7. The van der Waals surface area contributed by atoms with E-state index in [1.54, 1.807) is 0 Å². The molecule has 1 aliphatic carbocycles. The van der Waals surface area contributed by atoms with Gasteiger partial charge >= 0.3 is 5.97 Å². The van der Waals surface area contributed by atoms with Crippen LogP contribution in [0, 0.1) is 0 Å². The van der Waals surface area contributed by atoms with Crippen LogP contribution in [0.5, 0.6) is 0 Å². The van der Waals surface area contributed by atoms with E-state index in [0.717, 1.165) is 18.4 Å². The molecule has 25 heavy (non-hydrogen) atoms. The highest BCUT2D eigenvalue weighted by Gasteiger charge is 2.30. The van der Waals surface area contributed by atoms with Crippen molar-refractivity contribution in [3.05, 3.63) is 51.9 Å². The molecule has 0 atom stereocenters. The molecule has 1 saturated carbocycles. The van der Waals surface area contributed by atoms with Crippen molar-refractivity contribution in [2.75, 3.05) is 12.4 Å². The molecule has 0 radical (unpaired) electrons. The van der Waals surface area contributed by atoms with Gasteiger partial charge in [-0.1, -0.05) is 49.7 Å². The summed E-state index contributed by atoms with van der Waals surface area (Å²) in [5.41, 5.74) is 2.54. The Labute approximate surface area is 152 Å². The number of hydrogen-bond donors (Lipinski definition) is 1. The molecule has 6 heteroatoms. The van der Waals surface area contributed by atoms with E-state index in [-0.39, 0.29) is 10.7 Å². The maximum Gasteiger partial charge on any atom is 0.358 e. The van der Waals surface area contributed by atoms with Gasteiger partial charge in [0.2, 0.25) is 0 Å². The predicted molar refractivity (Wildman–Crippen MR) is 98.2 cm³/mol. The van der Waals surface area contributed by atoms with Crippen molar-refractivity contribution in [2.24, 2.45) is 0 Å². The number of nitrogens with one attached hydrogen (secondary N) is 1. The van der Waals surface area contributed by atoms with Crippen LogP contribution in [-0.2, 0) is 11.3 Å². The fraction of sp³-hybridized carbons (Fsp3) is 0.421. The van der Waals surface area contributed by atoms with Gasteiger partial charge in [-0.05, 0) is 29.9 Å². The van der Waals surface area contributed by atoms with Crippen molar-refractivity contribution in [3.63, 3.8) is 0 Å². The summed E-state index contributed by atoms with van der Waals surface area (Å²) < 4.78 is 4.78. The van der Waals surface area contributed by atoms with Crippen LogP contribution in [0.25, 0.3) is 0 Å². The number of aromatic nitrogens is 2. The van der Waals surface area contributed by atoms with Gasteiger partial charge in [-0.15, -0.1) is 0 Å². The van der Waals surface area contributed by atoms with E-state index in [0.29, 0.717) is 30.0 Å². The monoisotopic (exact) mass is 359 g/mol. The lowest BCUT2D eigenvalue weighted by Gasteiger charge is -2.12. The largest absolute Gasteiger partial charge is 0.464 e. The second-order valence-electron chi connectivity index (χ2n) is 6.61. The lowest BCUT2D eigenvalue weighted by atomic mass is 10.0. The molecule has 1 aromatic carbocycles. The molecule has 0 saturated heterocycles. The maximum absolute atomic E-state index is 11.9. The Kier molecular flexibility index (Phi) is 5.23. The molecule has 0 bridgehead atoms. The molecule has 0 amide bonds. The SMILES string of the molecule is COC(=O)c1nc(C2CC2)nc(NCc2ccc(C(C)C)cc2)c1Cl. The summed E-state index contributed by atoms with van der Waals surface area (Å²) in [6, 6.07) is 8.42. The zero-order valence-electron chi connectivity index (χ0n) is 14.7. The minimum atomic E-state index is -0.543. The molecule has 132 valence electrons. The molecule has 1 heterocycles. The maximum atomic E-state index is 11.9. The lowest BCUT2D eigenvalue weighted by molar-refractivity contribution is 0.0593. The van der Waals surface area contributed by atoms with Gasteiger partial charge < -0.3 is 10.1 Å². The first kappa shape index (κ1) is 17.7. The molecule has 5 nitrogen and oxygen atoms in total. The van der Waals surface area contributed by atoms with Gasteiger partial charge in [0, 0.05) is 12.5 Å². The van der Waals surface area contributed by atoms with Crippen LogP contribution in [0.15, 0.2) is 24.3 Å². The van der Waals surface area contributed by atoms with Gasteiger partial charge in [0.25, 0.3) is 0 Å². The summed E-state index contributed by atoms with van der Waals surface area (Å²) >= 11 is 6.32. The van der Waals surface area contributed by atoms with Crippen molar-refractivity contribution in [2.45, 2.75) is 45.1 Å². The van der Waals surface area contributed by atoms with E-state index >= 15 is 0 Å². The number of anilines is 1. The Balaban J connectivity index is 1.81. The first-order chi connectivity index (χ1) is 12.0. The standard InChI is InChI=1S/C19H22ClN3O2/c1-11(2)13-6-4-12(5-7-13)10-21-18-15(20)16(19(24)25-3)22-17(23-18)14-8-9-14/h4-7,11,14H,8-10H2,1-3H3,(H,21,22,23). The minimum absolute atomic E-state index is 0.124. The van der Waals surface area contributed by atoms with Crippen LogP contribution in [0.3, 0.4) is 0 Å². The quantitative estimate of drug-likeness (QED) is 0.767. The normalized spacial score (nSPS) is 13.8. The zero-order valence-corrected chi connectivity index (χ0v) is 15.4. The first-order valence-corrected chi connectivity index (χ1v) is 8.85. The zero-order chi connectivity index (χ0) is 18.0. The van der Waals surface area contributed by atoms with Crippen LogP contribution in [0.2, 0.25) is 5.02 Å². The molecule has 1 fully saturated rings. The molecule has 1 aliphatic rings. The van der Waals surface area contributed by atoms with Gasteiger partial charge in [0.15, 0.2) is 5.69 Å². The van der Waals surface area contributed by atoms with Gasteiger partial charge in [-0.2, -0.15) is 0 Å².